The third-order valence-electron chi connectivity index (χ3n) is 1.89. The maximum absolute atomic E-state index is 4.04. The Morgan fingerprint density at radius 3 is 2.79 bits per heavy atom. The first-order valence-corrected chi connectivity index (χ1v) is 5.27. The number of aromatic nitrogens is 2. The lowest BCUT2D eigenvalue weighted by molar-refractivity contribution is 1.01. The predicted octanol–water partition coefficient (Wildman–Crippen LogP) is 2.19. The third-order valence-corrected chi connectivity index (χ3v) is 2.52. The number of rotatable bonds is 4. The first-order chi connectivity index (χ1) is 6.95. The molecule has 14 heavy (non-hydrogen) atoms. The van der Waals surface area contributed by atoms with Crippen LogP contribution >= 0.6 is 11.5 Å². The number of anilines is 1. The minimum Gasteiger partial charge on any atom is -0.360 e. The van der Waals surface area contributed by atoms with E-state index in [1.807, 2.05) is 6.07 Å². The molecule has 0 radical (unpaired) electrons. The number of hydrogen-bond acceptors (Lipinski definition) is 4. The van der Waals surface area contributed by atoms with Crippen LogP contribution in [0.15, 0.2) is 36.7 Å². The lowest BCUT2D eigenvalue weighted by Gasteiger charge is -2.01. The SMILES string of the molecule is c1ccc(CCNc2ncns2)cc1. The van der Waals surface area contributed by atoms with E-state index in [4.69, 9.17) is 0 Å². The Morgan fingerprint density at radius 2 is 2.07 bits per heavy atom. The summed E-state index contributed by atoms with van der Waals surface area (Å²) in [5.41, 5.74) is 1.34. The lowest BCUT2D eigenvalue weighted by atomic mass is 10.2. The molecule has 0 atom stereocenters. The van der Waals surface area contributed by atoms with E-state index in [1.54, 1.807) is 6.33 Å². The van der Waals surface area contributed by atoms with Gasteiger partial charge in [-0.1, -0.05) is 30.3 Å². The highest BCUT2D eigenvalue weighted by Crippen LogP contribution is 2.06. The second-order valence-corrected chi connectivity index (χ2v) is 3.69. The molecule has 4 heteroatoms. The van der Waals surface area contributed by atoms with Crippen LogP contribution in [0.25, 0.3) is 0 Å². The van der Waals surface area contributed by atoms with E-state index >= 15 is 0 Å². The molecule has 1 aromatic heterocycles. The standard InChI is InChI=1S/C10H11N3S/c1-2-4-9(5-3-1)6-7-11-10-12-8-13-14-10/h1-5,8H,6-7H2,(H,11,12,13). The second kappa shape index (κ2) is 4.72. The van der Waals surface area contributed by atoms with Gasteiger partial charge in [-0.15, -0.1) is 0 Å². The van der Waals surface area contributed by atoms with Crippen molar-refractivity contribution in [2.75, 3.05) is 11.9 Å². The van der Waals surface area contributed by atoms with Crippen LogP contribution in [0, 0.1) is 0 Å². The molecule has 0 spiro atoms. The Kier molecular flexibility index (Phi) is 3.08. The quantitative estimate of drug-likeness (QED) is 0.831. The van der Waals surface area contributed by atoms with Crippen molar-refractivity contribution in [1.82, 2.24) is 9.36 Å². The van der Waals surface area contributed by atoms with Gasteiger partial charge in [0.2, 0.25) is 5.13 Å². The molecule has 0 aliphatic rings. The van der Waals surface area contributed by atoms with Gasteiger partial charge in [-0.3, -0.25) is 0 Å². The molecule has 1 aromatic carbocycles. The Balaban J connectivity index is 1.79. The summed E-state index contributed by atoms with van der Waals surface area (Å²) in [4.78, 5) is 4.04. The molecule has 2 aromatic rings. The predicted molar refractivity (Wildman–Crippen MR) is 58.5 cm³/mol. The highest BCUT2D eigenvalue weighted by Gasteiger charge is 1.94. The summed E-state index contributed by atoms with van der Waals surface area (Å²) in [5.74, 6) is 0. The molecule has 0 aliphatic heterocycles. The summed E-state index contributed by atoms with van der Waals surface area (Å²) in [6, 6.07) is 10.4. The zero-order valence-electron chi connectivity index (χ0n) is 7.68. The van der Waals surface area contributed by atoms with Crippen molar-refractivity contribution in [2.24, 2.45) is 0 Å². The Bertz CT molecular complexity index is 358. The van der Waals surface area contributed by atoms with E-state index in [0.29, 0.717) is 0 Å². The zero-order valence-corrected chi connectivity index (χ0v) is 8.50. The molecular formula is C10H11N3S. The number of nitrogens with one attached hydrogen (secondary N) is 1. The van der Waals surface area contributed by atoms with Crippen molar-refractivity contribution in [1.29, 1.82) is 0 Å². The molecule has 2 rings (SSSR count). The van der Waals surface area contributed by atoms with Crippen LogP contribution in [-0.4, -0.2) is 15.9 Å². The molecule has 1 heterocycles. The summed E-state index contributed by atoms with van der Waals surface area (Å²) in [6.45, 7) is 0.902. The van der Waals surface area contributed by atoms with E-state index in [2.05, 4.69) is 38.9 Å². The molecule has 0 unspecified atom stereocenters. The van der Waals surface area contributed by atoms with Gasteiger partial charge in [0.05, 0.1) is 0 Å². The topological polar surface area (TPSA) is 37.8 Å². The van der Waals surface area contributed by atoms with Crippen molar-refractivity contribution in [2.45, 2.75) is 6.42 Å². The van der Waals surface area contributed by atoms with Crippen molar-refractivity contribution < 1.29 is 0 Å². The Labute approximate surface area is 87.0 Å². The van der Waals surface area contributed by atoms with E-state index in [1.165, 1.54) is 17.1 Å². The molecule has 1 N–H and O–H groups in total. The molecule has 72 valence electrons. The number of hydrogen-bond donors (Lipinski definition) is 1. The van der Waals surface area contributed by atoms with Gasteiger partial charge in [0.15, 0.2) is 0 Å². The monoisotopic (exact) mass is 205 g/mol. The fraction of sp³-hybridized carbons (Fsp3) is 0.200. The van der Waals surface area contributed by atoms with Gasteiger partial charge in [0.25, 0.3) is 0 Å². The van der Waals surface area contributed by atoms with E-state index in [9.17, 15) is 0 Å². The van der Waals surface area contributed by atoms with Crippen LogP contribution in [0.5, 0.6) is 0 Å². The van der Waals surface area contributed by atoms with Crippen LogP contribution in [0.4, 0.5) is 5.13 Å². The van der Waals surface area contributed by atoms with Crippen LogP contribution in [0.2, 0.25) is 0 Å². The van der Waals surface area contributed by atoms with Gasteiger partial charge < -0.3 is 5.32 Å². The van der Waals surface area contributed by atoms with Crippen LogP contribution in [-0.2, 0) is 6.42 Å². The minimum atomic E-state index is 0.890. The van der Waals surface area contributed by atoms with Crippen molar-refractivity contribution in [3.05, 3.63) is 42.2 Å². The maximum Gasteiger partial charge on any atom is 0.202 e. The fourth-order valence-corrected chi connectivity index (χ4v) is 1.66. The average molecular weight is 205 g/mol. The van der Waals surface area contributed by atoms with E-state index < -0.39 is 0 Å². The van der Waals surface area contributed by atoms with Crippen molar-refractivity contribution in [3.63, 3.8) is 0 Å². The largest absolute Gasteiger partial charge is 0.360 e. The molecule has 0 aliphatic carbocycles. The van der Waals surface area contributed by atoms with E-state index in [0.717, 1.165) is 18.1 Å². The third kappa shape index (κ3) is 2.53. The second-order valence-electron chi connectivity index (χ2n) is 2.91. The summed E-state index contributed by atoms with van der Waals surface area (Å²) in [5, 5.41) is 4.11. The molecule has 0 saturated heterocycles. The molecular weight excluding hydrogens is 194 g/mol. The lowest BCUT2D eigenvalue weighted by Crippen LogP contribution is -2.03. The van der Waals surface area contributed by atoms with Crippen LogP contribution in [0.1, 0.15) is 5.56 Å². The number of nitrogens with zero attached hydrogens (tertiary/aromatic N) is 2. The molecule has 0 fully saturated rings. The van der Waals surface area contributed by atoms with Gasteiger partial charge in [0, 0.05) is 18.1 Å². The Morgan fingerprint density at radius 1 is 1.21 bits per heavy atom. The summed E-state index contributed by atoms with van der Waals surface area (Å²) >= 11 is 1.39. The van der Waals surface area contributed by atoms with Gasteiger partial charge >= 0.3 is 0 Å². The highest BCUT2D eigenvalue weighted by atomic mass is 32.1. The normalized spacial score (nSPS) is 10.0. The average Bonchev–Trinajstić information content (AvgIpc) is 2.72. The minimum absolute atomic E-state index is 0.890. The fourth-order valence-electron chi connectivity index (χ4n) is 1.21. The summed E-state index contributed by atoms with van der Waals surface area (Å²) in [7, 11) is 0. The molecule has 0 bridgehead atoms. The van der Waals surface area contributed by atoms with Gasteiger partial charge in [-0.25, -0.2) is 4.98 Å². The first kappa shape index (κ1) is 9.15. The maximum atomic E-state index is 4.04. The zero-order chi connectivity index (χ0) is 9.64. The van der Waals surface area contributed by atoms with Gasteiger partial charge in [-0.05, 0) is 12.0 Å². The first-order valence-electron chi connectivity index (χ1n) is 4.49. The van der Waals surface area contributed by atoms with Crippen molar-refractivity contribution >= 4 is 16.7 Å². The van der Waals surface area contributed by atoms with Crippen LogP contribution in [0.3, 0.4) is 0 Å². The Hall–Kier alpha value is -1.42. The highest BCUT2D eigenvalue weighted by molar-refractivity contribution is 7.09. The number of benzene rings is 1. The van der Waals surface area contributed by atoms with Crippen LogP contribution < -0.4 is 5.32 Å². The molecule has 0 amide bonds. The molecule has 3 nitrogen and oxygen atoms in total. The van der Waals surface area contributed by atoms with Gasteiger partial charge in [-0.2, -0.15) is 4.37 Å². The molecule has 0 saturated carbocycles. The summed E-state index contributed by atoms with van der Waals surface area (Å²) in [6.07, 6.45) is 2.58. The van der Waals surface area contributed by atoms with Gasteiger partial charge in [0.1, 0.15) is 6.33 Å². The van der Waals surface area contributed by atoms with E-state index in [-0.39, 0.29) is 0 Å². The summed E-state index contributed by atoms with van der Waals surface area (Å²) < 4.78 is 3.92. The smallest absolute Gasteiger partial charge is 0.202 e. The van der Waals surface area contributed by atoms with Crippen molar-refractivity contribution in [3.8, 4) is 0 Å².